The van der Waals surface area contributed by atoms with Crippen LogP contribution in [0.15, 0.2) is 122 Å². The molecular formula is C36H36Br2N4. The van der Waals surface area contributed by atoms with E-state index in [9.17, 15) is 0 Å². The zero-order valence-electron chi connectivity index (χ0n) is 23.7. The number of pyridine rings is 2. The van der Waals surface area contributed by atoms with E-state index in [0.29, 0.717) is 0 Å². The molecule has 42 heavy (non-hydrogen) atoms. The Balaban J connectivity index is 0.00000176. The summed E-state index contributed by atoms with van der Waals surface area (Å²) >= 11 is 0. The molecule has 4 heterocycles. The van der Waals surface area contributed by atoms with E-state index in [1.807, 2.05) is 0 Å². The molecule has 0 bridgehead atoms. The molecule has 0 saturated heterocycles. The van der Waals surface area contributed by atoms with Gasteiger partial charge in [0.1, 0.15) is 0 Å². The van der Waals surface area contributed by atoms with E-state index in [0.717, 1.165) is 52.1 Å². The summed E-state index contributed by atoms with van der Waals surface area (Å²) in [6, 6.07) is 35.7. The first-order valence-electron chi connectivity index (χ1n) is 14.5. The Morgan fingerprint density at radius 1 is 0.452 bits per heavy atom. The minimum atomic E-state index is 0. The first-order valence-corrected chi connectivity index (χ1v) is 14.5. The lowest BCUT2D eigenvalue weighted by Crippen LogP contribution is -3.00. The number of nitrogens with zero attached hydrogens (tertiary/aromatic N) is 4. The Morgan fingerprint density at radius 2 is 0.810 bits per heavy atom. The maximum atomic E-state index is 2.48. The Morgan fingerprint density at radius 3 is 1.19 bits per heavy atom. The van der Waals surface area contributed by atoms with Gasteiger partial charge in [-0.05, 0) is 35.1 Å². The lowest BCUT2D eigenvalue weighted by molar-refractivity contribution is -0.688. The van der Waals surface area contributed by atoms with Crippen LogP contribution in [0.1, 0.15) is 33.4 Å². The van der Waals surface area contributed by atoms with Gasteiger partial charge in [-0.25, -0.2) is 9.13 Å². The van der Waals surface area contributed by atoms with Crippen molar-refractivity contribution in [3.63, 3.8) is 0 Å². The molecule has 0 N–H and O–H groups in total. The van der Waals surface area contributed by atoms with Crippen LogP contribution < -0.4 is 52.9 Å². The molecule has 0 fully saturated rings. The van der Waals surface area contributed by atoms with E-state index < -0.39 is 0 Å². The summed E-state index contributed by atoms with van der Waals surface area (Å²) in [4.78, 5) is 4.97. The van der Waals surface area contributed by atoms with Crippen molar-refractivity contribution in [3.05, 3.63) is 155 Å². The molecule has 3 aromatic carbocycles. The second kappa shape index (κ2) is 13.7. The van der Waals surface area contributed by atoms with E-state index in [1.165, 1.54) is 44.8 Å². The highest BCUT2D eigenvalue weighted by atomic mass is 79.9. The van der Waals surface area contributed by atoms with Crippen LogP contribution in [0.3, 0.4) is 0 Å². The van der Waals surface area contributed by atoms with Crippen molar-refractivity contribution in [1.29, 1.82) is 0 Å². The largest absolute Gasteiger partial charge is 1.00 e. The third-order valence-corrected chi connectivity index (χ3v) is 8.49. The van der Waals surface area contributed by atoms with Crippen molar-refractivity contribution >= 4 is 11.4 Å². The molecule has 4 nitrogen and oxygen atoms in total. The lowest BCUT2D eigenvalue weighted by atomic mass is 9.99. The smallest absolute Gasteiger partial charge is 0.173 e. The highest BCUT2D eigenvalue weighted by molar-refractivity contribution is 5.49. The molecule has 2 aromatic heterocycles. The quantitative estimate of drug-likeness (QED) is 0.224. The van der Waals surface area contributed by atoms with Gasteiger partial charge in [-0.1, -0.05) is 72.8 Å². The molecule has 0 spiro atoms. The minimum Gasteiger partial charge on any atom is -1.00 e. The fourth-order valence-electron chi connectivity index (χ4n) is 6.14. The van der Waals surface area contributed by atoms with Crippen LogP contribution in [0.25, 0.3) is 0 Å². The second-order valence-corrected chi connectivity index (χ2v) is 11.2. The fraction of sp³-hybridized carbons (Fsp3) is 0.222. The predicted octanol–water partition coefficient (Wildman–Crippen LogP) is -0.508. The molecular weight excluding hydrogens is 648 g/mol. The summed E-state index contributed by atoms with van der Waals surface area (Å²) < 4.78 is 4.53. The zero-order valence-corrected chi connectivity index (χ0v) is 26.9. The highest BCUT2D eigenvalue weighted by Crippen LogP contribution is 2.24. The number of anilines is 2. The normalized spacial score (nSPS) is 13.8. The maximum Gasteiger partial charge on any atom is 0.173 e. The summed E-state index contributed by atoms with van der Waals surface area (Å²) in [6.45, 7) is 5.91. The lowest BCUT2D eigenvalue weighted by Gasteiger charge is -2.30. The third kappa shape index (κ3) is 6.77. The van der Waals surface area contributed by atoms with Crippen LogP contribution in [0.2, 0.25) is 0 Å². The third-order valence-electron chi connectivity index (χ3n) is 8.49. The van der Waals surface area contributed by atoms with Gasteiger partial charge in [0.05, 0.1) is 0 Å². The molecule has 0 saturated carbocycles. The molecule has 7 rings (SSSR count). The Kier molecular flexibility index (Phi) is 9.76. The van der Waals surface area contributed by atoms with Gasteiger partial charge in [0.25, 0.3) is 0 Å². The standard InChI is InChI=1S/C36H36N4.2BrH/c1-3-7-33-27-39(23-13-31(33)5-1)35-15-19-37(20-16-35)25-29-9-11-30(12-10-29)26-38-21-17-36(18-22-38)40-24-14-32-6-2-4-8-34(32)28-40;;/h1-12,15-22H,13-14,23-28H2;2*1H/q+2;;/p-2. The molecule has 0 radical (unpaired) electrons. The maximum absolute atomic E-state index is 2.48. The summed E-state index contributed by atoms with van der Waals surface area (Å²) in [5.41, 5.74) is 11.1. The second-order valence-electron chi connectivity index (χ2n) is 11.2. The summed E-state index contributed by atoms with van der Waals surface area (Å²) in [5, 5.41) is 0. The average Bonchev–Trinajstić information content (AvgIpc) is 3.02. The van der Waals surface area contributed by atoms with E-state index in [-0.39, 0.29) is 34.0 Å². The number of benzene rings is 3. The van der Waals surface area contributed by atoms with Gasteiger partial charge in [-0.15, -0.1) is 0 Å². The van der Waals surface area contributed by atoms with Gasteiger partial charge in [0, 0.05) is 72.9 Å². The van der Waals surface area contributed by atoms with E-state index in [1.54, 1.807) is 0 Å². The van der Waals surface area contributed by atoms with E-state index in [2.05, 4.69) is 141 Å². The highest BCUT2D eigenvalue weighted by Gasteiger charge is 2.18. The summed E-state index contributed by atoms with van der Waals surface area (Å²) in [5.74, 6) is 0. The van der Waals surface area contributed by atoms with Crippen molar-refractivity contribution in [2.75, 3.05) is 22.9 Å². The number of hydrogen-bond acceptors (Lipinski definition) is 2. The predicted molar refractivity (Wildman–Crippen MR) is 160 cm³/mol. The molecule has 6 heteroatoms. The van der Waals surface area contributed by atoms with Gasteiger partial charge in [0.2, 0.25) is 0 Å². The van der Waals surface area contributed by atoms with Gasteiger partial charge in [0.15, 0.2) is 37.9 Å². The molecule has 0 amide bonds. The van der Waals surface area contributed by atoms with Gasteiger partial charge in [-0.3, -0.25) is 0 Å². The van der Waals surface area contributed by atoms with Crippen molar-refractivity contribution in [2.45, 2.75) is 39.0 Å². The number of aromatic nitrogens is 2. The topological polar surface area (TPSA) is 14.2 Å². The van der Waals surface area contributed by atoms with E-state index in [4.69, 9.17) is 0 Å². The molecule has 0 aliphatic carbocycles. The van der Waals surface area contributed by atoms with Crippen LogP contribution >= 0.6 is 0 Å². The Labute approximate surface area is 270 Å². The van der Waals surface area contributed by atoms with Gasteiger partial charge in [-0.2, -0.15) is 0 Å². The SMILES string of the molecule is [Br-].[Br-].c1ccc2c(c1)CCN(c1cc[n+](Cc3ccc(C[n+]4ccc(N5CCc6ccccc6C5)cc4)cc3)cc1)C2. The van der Waals surface area contributed by atoms with Crippen LogP contribution in [0.4, 0.5) is 11.4 Å². The first kappa shape index (κ1) is 30.0. The molecule has 0 unspecified atom stereocenters. The number of rotatable bonds is 6. The van der Waals surface area contributed by atoms with Crippen molar-refractivity contribution in [2.24, 2.45) is 0 Å². The van der Waals surface area contributed by atoms with Crippen LogP contribution in [0.5, 0.6) is 0 Å². The first-order chi connectivity index (χ1) is 19.8. The van der Waals surface area contributed by atoms with Crippen molar-refractivity contribution in [1.82, 2.24) is 0 Å². The van der Waals surface area contributed by atoms with Crippen LogP contribution in [0, 0.1) is 0 Å². The minimum absolute atomic E-state index is 0. The molecule has 5 aromatic rings. The Bertz CT molecular complexity index is 1480. The molecule has 2 aliphatic rings. The average molecular weight is 685 g/mol. The number of fused-ring (bicyclic) bond motifs is 2. The number of hydrogen-bond donors (Lipinski definition) is 0. The molecule has 0 atom stereocenters. The molecule has 214 valence electrons. The summed E-state index contributed by atoms with van der Waals surface area (Å²) in [6.07, 6.45) is 11.1. The monoisotopic (exact) mass is 682 g/mol. The van der Waals surface area contributed by atoms with Crippen molar-refractivity contribution in [3.8, 4) is 0 Å². The zero-order chi connectivity index (χ0) is 26.7. The Hall–Kier alpha value is -3.48. The number of halogens is 2. The van der Waals surface area contributed by atoms with Crippen molar-refractivity contribution < 1.29 is 43.1 Å². The van der Waals surface area contributed by atoms with E-state index >= 15 is 0 Å². The van der Waals surface area contributed by atoms with Crippen LogP contribution in [-0.4, -0.2) is 13.1 Å². The summed E-state index contributed by atoms with van der Waals surface area (Å²) in [7, 11) is 0. The van der Waals surface area contributed by atoms with Gasteiger partial charge < -0.3 is 43.8 Å². The molecule has 2 aliphatic heterocycles. The fourth-order valence-corrected chi connectivity index (χ4v) is 6.14. The van der Waals surface area contributed by atoms with Gasteiger partial charge >= 0.3 is 0 Å². The van der Waals surface area contributed by atoms with Crippen LogP contribution in [-0.2, 0) is 39.0 Å².